The highest BCUT2D eigenvalue weighted by molar-refractivity contribution is 6.10. The Morgan fingerprint density at radius 1 is 0.758 bits per heavy atom. The summed E-state index contributed by atoms with van der Waals surface area (Å²) in [7, 11) is 0. The molecule has 5 aromatic carbocycles. The zero-order chi connectivity index (χ0) is 22.6. The largest absolute Gasteiger partial charge is 0.372 e. The standard InChI is InChI=1S/C30H23NO2/c1-20-15-16-28-27(17-20)30(33,23-11-3-2-4-12-23)29(32)31(28)19-26-24-13-7-5-9-21(24)18-22-10-6-8-14-25(22)26/h2-18,33H,19H2,1H3/t30-/m0/s1. The van der Waals surface area contributed by atoms with E-state index in [2.05, 4.69) is 30.3 Å². The van der Waals surface area contributed by atoms with Crippen molar-refractivity contribution in [1.82, 2.24) is 0 Å². The molecule has 1 amide bonds. The van der Waals surface area contributed by atoms with E-state index in [0.29, 0.717) is 17.7 Å². The smallest absolute Gasteiger partial charge is 0.268 e. The summed E-state index contributed by atoms with van der Waals surface area (Å²) in [6, 6.07) is 33.9. The van der Waals surface area contributed by atoms with Gasteiger partial charge >= 0.3 is 0 Å². The van der Waals surface area contributed by atoms with Gasteiger partial charge in [-0.25, -0.2) is 0 Å². The molecule has 1 N–H and O–H groups in total. The van der Waals surface area contributed by atoms with Crippen molar-refractivity contribution in [2.24, 2.45) is 0 Å². The second kappa shape index (κ2) is 7.29. The minimum absolute atomic E-state index is 0.314. The molecule has 3 heteroatoms. The molecule has 0 saturated carbocycles. The van der Waals surface area contributed by atoms with E-state index >= 15 is 0 Å². The number of benzene rings is 5. The molecule has 0 spiro atoms. The lowest BCUT2D eigenvalue weighted by Crippen LogP contribution is -2.40. The van der Waals surface area contributed by atoms with Crippen LogP contribution in [-0.2, 0) is 16.9 Å². The number of hydrogen-bond acceptors (Lipinski definition) is 2. The Balaban J connectivity index is 1.57. The van der Waals surface area contributed by atoms with E-state index < -0.39 is 5.60 Å². The monoisotopic (exact) mass is 429 g/mol. The number of fused-ring (bicyclic) bond motifs is 3. The van der Waals surface area contributed by atoms with Crippen molar-refractivity contribution in [3.63, 3.8) is 0 Å². The maximum Gasteiger partial charge on any atom is 0.268 e. The van der Waals surface area contributed by atoms with E-state index in [0.717, 1.165) is 38.4 Å². The van der Waals surface area contributed by atoms with Crippen LogP contribution in [0.4, 0.5) is 5.69 Å². The molecule has 1 heterocycles. The minimum Gasteiger partial charge on any atom is -0.372 e. The van der Waals surface area contributed by atoms with Crippen LogP contribution in [0.2, 0.25) is 0 Å². The van der Waals surface area contributed by atoms with E-state index in [-0.39, 0.29) is 5.91 Å². The number of carbonyl (C=O) groups is 1. The van der Waals surface area contributed by atoms with Crippen LogP contribution in [0.5, 0.6) is 0 Å². The third-order valence-corrected chi connectivity index (χ3v) is 6.78. The summed E-state index contributed by atoms with van der Waals surface area (Å²) >= 11 is 0. The molecule has 0 saturated heterocycles. The summed E-state index contributed by atoms with van der Waals surface area (Å²) in [6.45, 7) is 2.36. The molecule has 1 aliphatic rings. The van der Waals surface area contributed by atoms with Gasteiger partial charge in [0, 0.05) is 5.56 Å². The second-order valence-electron chi connectivity index (χ2n) is 8.79. The molecule has 1 aliphatic heterocycles. The number of nitrogens with zero attached hydrogens (tertiary/aromatic N) is 1. The molecule has 0 aromatic heterocycles. The third kappa shape index (κ3) is 2.90. The maximum absolute atomic E-state index is 13.9. The summed E-state index contributed by atoms with van der Waals surface area (Å²) in [5.74, 6) is -0.314. The second-order valence-corrected chi connectivity index (χ2v) is 8.79. The molecule has 33 heavy (non-hydrogen) atoms. The topological polar surface area (TPSA) is 40.5 Å². The number of rotatable bonds is 3. The van der Waals surface area contributed by atoms with Crippen molar-refractivity contribution in [2.75, 3.05) is 4.90 Å². The highest BCUT2D eigenvalue weighted by Gasteiger charge is 2.51. The van der Waals surface area contributed by atoms with Crippen LogP contribution < -0.4 is 4.90 Å². The van der Waals surface area contributed by atoms with Crippen LogP contribution >= 0.6 is 0 Å². The van der Waals surface area contributed by atoms with Crippen molar-refractivity contribution in [3.05, 3.63) is 125 Å². The first-order chi connectivity index (χ1) is 16.1. The molecule has 160 valence electrons. The lowest BCUT2D eigenvalue weighted by Gasteiger charge is -2.24. The van der Waals surface area contributed by atoms with Gasteiger partial charge in [-0.3, -0.25) is 4.79 Å². The number of anilines is 1. The van der Waals surface area contributed by atoms with E-state index in [4.69, 9.17) is 0 Å². The number of aliphatic hydroxyl groups is 1. The van der Waals surface area contributed by atoms with Gasteiger partial charge in [0.15, 0.2) is 5.60 Å². The van der Waals surface area contributed by atoms with Crippen LogP contribution in [0.15, 0.2) is 103 Å². The summed E-state index contributed by atoms with van der Waals surface area (Å²) < 4.78 is 0. The molecule has 0 aliphatic carbocycles. The van der Waals surface area contributed by atoms with E-state index in [9.17, 15) is 9.90 Å². The Bertz CT molecular complexity index is 1490. The molecule has 6 rings (SSSR count). The van der Waals surface area contributed by atoms with Crippen molar-refractivity contribution in [3.8, 4) is 0 Å². The fraction of sp³-hybridized carbons (Fsp3) is 0.100. The normalized spacial score (nSPS) is 17.6. The van der Waals surface area contributed by atoms with Crippen LogP contribution in [0.3, 0.4) is 0 Å². The maximum atomic E-state index is 13.9. The highest BCUT2D eigenvalue weighted by atomic mass is 16.3. The SMILES string of the molecule is Cc1ccc2c(c1)[C@@](O)(c1ccccc1)C(=O)N2Cc1c2ccccc2cc2ccccc12. The predicted octanol–water partition coefficient (Wildman–Crippen LogP) is 6.08. The van der Waals surface area contributed by atoms with Gasteiger partial charge in [-0.15, -0.1) is 0 Å². The van der Waals surface area contributed by atoms with Crippen LogP contribution in [0.25, 0.3) is 21.5 Å². The summed E-state index contributed by atoms with van der Waals surface area (Å²) in [6.07, 6.45) is 0. The zero-order valence-electron chi connectivity index (χ0n) is 18.3. The average molecular weight is 430 g/mol. The fourth-order valence-electron chi connectivity index (χ4n) is 5.15. The van der Waals surface area contributed by atoms with Crippen molar-refractivity contribution in [2.45, 2.75) is 19.1 Å². The number of carbonyl (C=O) groups excluding carboxylic acids is 1. The van der Waals surface area contributed by atoms with Gasteiger partial charge in [-0.1, -0.05) is 96.6 Å². The first kappa shape index (κ1) is 19.7. The Morgan fingerprint density at radius 3 is 2.03 bits per heavy atom. The zero-order valence-corrected chi connectivity index (χ0v) is 18.3. The number of aryl methyl sites for hydroxylation is 1. The van der Waals surface area contributed by atoms with Crippen molar-refractivity contribution in [1.29, 1.82) is 0 Å². The number of hydrogen-bond donors (Lipinski definition) is 1. The molecular weight excluding hydrogens is 406 g/mol. The van der Waals surface area contributed by atoms with Gasteiger partial charge in [-0.05, 0) is 51.7 Å². The Labute approximate surface area is 192 Å². The quantitative estimate of drug-likeness (QED) is 0.353. The lowest BCUT2D eigenvalue weighted by molar-refractivity contribution is -0.132. The average Bonchev–Trinajstić information content (AvgIpc) is 3.06. The molecule has 0 radical (unpaired) electrons. The molecule has 5 aromatic rings. The van der Waals surface area contributed by atoms with E-state index in [1.807, 2.05) is 79.7 Å². The predicted molar refractivity (Wildman–Crippen MR) is 133 cm³/mol. The first-order valence-electron chi connectivity index (χ1n) is 11.2. The van der Waals surface area contributed by atoms with Gasteiger partial charge in [0.2, 0.25) is 0 Å². The van der Waals surface area contributed by atoms with Crippen LogP contribution in [-0.4, -0.2) is 11.0 Å². The molecule has 0 bridgehead atoms. The van der Waals surface area contributed by atoms with Crippen LogP contribution in [0, 0.1) is 6.92 Å². The fourth-order valence-corrected chi connectivity index (χ4v) is 5.15. The minimum atomic E-state index is -1.71. The lowest BCUT2D eigenvalue weighted by atomic mass is 9.87. The molecular formula is C30H23NO2. The van der Waals surface area contributed by atoms with Gasteiger partial charge in [-0.2, -0.15) is 0 Å². The third-order valence-electron chi connectivity index (χ3n) is 6.78. The summed E-state index contributed by atoms with van der Waals surface area (Å²) in [5, 5.41) is 16.4. The Morgan fingerprint density at radius 2 is 1.36 bits per heavy atom. The molecule has 3 nitrogen and oxygen atoms in total. The summed E-state index contributed by atoms with van der Waals surface area (Å²) in [4.78, 5) is 15.7. The Kier molecular flexibility index (Phi) is 4.36. The van der Waals surface area contributed by atoms with E-state index in [1.165, 1.54) is 0 Å². The van der Waals surface area contributed by atoms with E-state index in [1.54, 1.807) is 4.90 Å². The van der Waals surface area contributed by atoms with Gasteiger partial charge < -0.3 is 10.0 Å². The van der Waals surface area contributed by atoms with Crippen molar-refractivity contribution < 1.29 is 9.90 Å². The highest BCUT2D eigenvalue weighted by Crippen LogP contribution is 2.46. The Hall–Kier alpha value is -3.95. The summed E-state index contributed by atoms with van der Waals surface area (Å²) in [5.41, 5.74) is 2.38. The van der Waals surface area contributed by atoms with Gasteiger partial charge in [0.25, 0.3) is 5.91 Å². The van der Waals surface area contributed by atoms with Crippen molar-refractivity contribution >= 4 is 33.1 Å². The van der Waals surface area contributed by atoms with Gasteiger partial charge in [0.05, 0.1) is 12.2 Å². The van der Waals surface area contributed by atoms with Crippen LogP contribution in [0.1, 0.15) is 22.3 Å². The first-order valence-corrected chi connectivity index (χ1v) is 11.2. The molecule has 0 unspecified atom stereocenters. The number of amides is 1. The molecule has 1 atom stereocenters. The molecule has 0 fully saturated rings. The van der Waals surface area contributed by atoms with Gasteiger partial charge in [0.1, 0.15) is 0 Å².